The number of hydrogen-bond acceptors (Lipinski definition) is 5. The van der Waals surface area contributed by atoms with E-state index in [1.54, 1.807) is 0 Å². The second-order valence-electron chi connectivity index (χ2n) is 3.58. The molecule has 0 bridgehead atoms. The number of alkyl halides is 3. The minimum absolute atomic E-state index is 0.0461. The molecule has 0 saturated heterocycles. The van der Waals surface area contributed by atoms with E-state index in [1.807, 2.05) is 0 Å². The predicted molar refractivity (Wildman–Crippen MR) is 49.7 cm³/mol. The van der Waals surface area contributed by atoms with Gasteiger partial charge in [0.2, 0.25) is 5.13 Å². The van der Waals surface area contributed by atoms with Crippen molar-refractivity contribution in [1.82, 2.24) is 10.2 Å². The Kier molecular flexibility index (Phi) is 3.08. The highest BCUT2D eigenvalue weighted by molar-refractivity contribution is 7.16. The van der Waals surface area contributed by atoms with Crippen molar-refractivity contribution in [2.24, 2.45) is 5.41 Å². The van der Waals surface area contributed by atoms with Crippen molar-refractivity contribution in [3.8, 4) is 5.19 Å². The van der Waals surface area contributed by atoms with Crippen molar-refractivity contribution < 1.29 is 17.9 Å². The van der Waals surface area contributed by atoms with Crippen LogP contribution in [0, 0.1) is 5.41 Å². The zero-order valence-electron chi connectivity index (χ0n) is 8.13. The Labute approximate surface area is 88.3 Å². The predicted octanol–water partition coefficient (Wildman–Crippen LogP) is 2.09. The van der Waals surface area contributed by atoms with Crippen molar-refractivity contribution in [3.05, 3.63) is 0 Å². The number of halogens is 3. The third-order valence-electron chi connectivity index (χ3n) is 1.75. The molecule has 86 valence electrons. The van der Waals surface area contributed by atoms with Crippen molar-refractivity contribution in [1.29, 1.82) is 0 Å². The third-order valence-corrected chi connectivity index (χ3v) is 2.41. The number of aromatic nitrogens is 2. The summed E-state index contributed by atoms with van der Waals surface area (Å²) >= 11 is 0.905. The van der Waals surface area contributed by atoms with Crippen LogP contribution in [0.5, 0.6) is 5.19 Å². The Morgan fingerprint density at radius 2 is 1.93 bits per heavy atom. The minimum Gasteiger partial charge on any atom is -0.468 e. The zero-order valence-corrected chi connectivity index (χ0v) is 8.95. The van der Waals surface area contributed by atoms with Gasteiger partial charge in [0, 0.05) is 0 Å². The van der Waals surface area contributed by atoms with E-state index in [-0.39, 0.29) is 10.3 Å². The highest BCUT2D eigenvalue weighted by Gasteiger charge is 2.48. The lowest BCUT2D eigenvalue weighted by Gasteiger charge is -2.26. The van der Waals surface area contributed by atoms with E-state index in [2.05, 4.69) is 10.2 Å². The third kappa shape index (κ3) is 2.95. The van der Waals surface area contributed by atoms with Gasteiger partial charge >= 0.3 is 6.18 Å². The van der Waals surface area contributed by atoms with Crippen LogP contribution in [0.1, 0.15) is 13.8 Å². The first-order valence-electron chi connectivity index (χ1n) is 4.01. The smallest absolute Gasteiger partial charge is 0.397 e. The summed E-state index contributed by atoms with van der Waals surface area (Å²) in [6.07, 6.45) is -4.32. The average molecular weight is 241 g/mol. The molecule has 1 heterocycles. The molecule has 1 aromatic rings. The summed E-state index contributed by atoms with van der Waals surface area (Å²) in [7, 11) is 0. The molecule has 0 aliphatic heterocycles. The Bertz CT molecular complexity index is 336. The van der Waals surface area contributed by atoms with Crippen LogP contribution in [-0.4, -0.2) is 23.0 Å². The Morgan fingerprint density at radius 1 is 1.33 bits per heavy atom. The van der Waals surface area contributed by atoms with Gasteiger partial charge in [0.15, 0.2) is 0 Å². The second kappa shape index (κ2) is 3.84. The molecule has 0 aliphatic rings. The summed E-state index contributed by atoms with van der Waals surface area (Å²) in [5, 5.41) is 7.08. The summed E-state index contributed by atoms with van der Waals surface area (Å²) in [6.45, 7) is 1.60. The number of nitrogens with zero attached hydrogens (tertiary/aromatic N) is 2. The number of nitrogen functional groups attached to an aromatic ring is 1. The molecule has 4 nitrogen and oxygen atoms in total. The molecule has 0 radical (unpaired) electrons. The minimum atomic E-state index is -4.32. The van der Waals surface area contributed by atoms with E-state index >= 15 is 0 Å². The van der Waals surface area contributed by atoms with Gasteiger partial charge in [-0.25, -0.2) is 0 Å². The molecule has 2 N–H and O–H groups in total. The van der Waals surface area contributed by atoms with Crippen molar-refractivity contribution in [2.75, 3.05) is 12.3 Å². The molecular weight excluding hydrogens is 231 g/mol. The SMILES string of the molecule is CC(C)(COc1nnc(N)s1)C(F)(F)F. The largest absolute Gasteiger partial charge is 0.468 e. The number of rotatable bonds is 3. The molecule has 0 atom stereocenters. The summed E-state index contributed by atoms with van der Waals surface area (Å²) in [4.78, 5) is 0. The monoisotopic (exact) mass is 241 g/mol. The summed E-state index contributed by atoms with van der Waals surface area (Å²) in [6, 6.07) is 0. The van der Waals surface area contributed by atoms with E-state index in [4.69, 9.17) is 10.5 Å². The van der Waals surface area contributed by atoms with Crippen LogP contribution in [-0.2, 0) is 0 Å². The van der Waals surface area contributed by atoms with Crippen LogP contribution in [0.25, 0.3) is 0 Å². The molecular formula is C7H10F3N3OS. The maximum atomic E-state index is 12.4. The van der Waals surface area contributed by atoms with Gasteiger partial charge in [-0.2, -0.15) is 13.2 Å². The van der Waals surface area contributed by atoms with Crippen LogP contribution in [0.2, 0.25) is 0 Å². The normalized spacial score (nSPS) is 12.9. The van der Waals surface area contributed by atoms with E-state index in [0.717, 1.165) is 25.2 Å². The van der Waals surface area contributed by atoms with Crippen LogP contribution in [0.4, 0.5) is 18.3 Å². The van der Waals surface area contributed by atoms with E-state index < -0.39 is 18.2 Å². The standard InChI is InChI=1S/C7H10F3N3OS/c1-6(2,7(8,9)10)3-14-5-13-12-4(11)15-5/h3H2,1-2H3,(H2,11,12). The molecule has 0 aliphatic carbocycles. The molecule has 0 fully saturated rings. The second-order valence-corrected chi connectivity index (χ2v) is 4.55. The van der Waals surface area contributed by atoms with Crippen LogP contribution >= 0.6 is 11.3 Å². The number of ether oxygens (including phenoxy) is 1. The maximum Gasteiger partial charge on any atom is 0.397 e. The highest BCUT2D eigenvalue weighted by Crippen LogP contribution is 2.38. The molecule has 8 heteroatoms. The first kappa shape index (κ1) is 12.0. The summed E-state index contributed by atoms with van der Waals surface area (Å²) in [5.41, 5.74) is 3.32. The van der Waals surface area contributed by atoms with Gasteiger partial charge in [0.05, 0.1) is 5.41 Å². The van der Waals surface area contributed by atoms with Gasteiger partial charge in [-0.3, -0.25) is 0 Å². The Balaban J connectivity index is 2.57. The Morgan fingerprint density at radius 3 is 2.33 bits per heavy atom. The highest BCUT2D eigenvalue weighted by atomic mass is 32.1. The van der Waals surface area contributed by atoms with Crippen LogP contribution in [0.15, 0.2) is 0 Å². The van der Waals surface area contributed by atoms with Crippen molar-refractivity contribution >= 4 is 16.5 Å². The van der Waals surface area contributed by atoms with Gasteiger partial charge in [-0.05, 0) is 25.2 Å². The molecule has 0 spiro atoms. The van der Waals surface area contributed by atoms with E-state index in [1.165, 1.54) is 0 Å². The van der Waals surface area contributed by atoms with Crippen molar-refractivity contribution in [3.63, 3.8) is 0 Å². The van der Waals surface area contributed by atoms with Crippen LogP contribution in [0.3, 0.4) is 0 Å². The summed E-state index contributed by atoms with van der Waals surface area (Å²) < 4.78 is 42.1. The molecule has 15 heavy (non-hydrogen) atoms. The fourth-order valence-electron chi connectivity index (χ4n) is 0.603. The summed E-state index contributed by atoms with van der Waals surface area (Å²) in [5.74, 6) is 0. The maximum absolute atomic E-state index is 12.4. The topological polar surface area (TPSA) is 61.0 Å². The lowest BCUT2D eigenvalue weighted by Crippen LogP contribution is -2.37. The van der Waals surface area contributed by atoms with Gasteiger partial charge < -0.3 is 10.5 Å². The zero-order chi connectivity index (χ0) is 11.7. The van der Waals surface area contributed by atoms with E-state index in [0.29, 0.717) is 0 Å². The fraction of sp³-hybridized carbons (Fsp3) is 0.714. The van der Waals surface area contributed by atoms with Crippen molar-refractivity contribution in [2.45, 2.75) is 20.0 Å². The van der Waals surface area contributed by atoms with Gasteiger partial charge in [-0.15, -0.1) is 5.10 Å². The number of anilines is 1. The first-order chi connectivity index (χ1) is 6.72. The first-order valence-corrected chi connectivity index (χ1v) is 4.82. The van der Waals surface area contributed by atoms with E-state index in [9.17, 15) is 13.2 Å². The van der Waals surface area contributed by atoms with Gasteiger partial charge in [-0.1, -0.05) is 5.10 Å². The fourth-order valence-corrected chi connectivity index (χ4v) is 1.06. The van der Waals surface area contributed by atoms with Gasteiger partial charge in [0.1, 0.15) is 6.61 Å². The van der Waals surface area contributed by atoms with Crippen LogP contribution < -0.4 is 10.5 Å². The number of hydrogen-bond donors (Lipinski definition) is 1. The molecule has 0 aromatic carbocycles. The Hall–Kier alpha value is -1.05. The van der Waals surface area contributed by atoms with Gasteiger partial charge in [0.25, 0.3) is 5.19 Å². The molecule has 1 rings (SSSR count). The quantitative estimate of drug-likeness (QED) is 0.880. The molecule has 1 aromatic heterocycles. The lowest BCUT2D eigenvalue weighted by molar-refractivity contribution is -0.219. The molecule has 0 unspecified atom stereocenters. The molecule has 0 saturated carbocycles. The average Bonchev–Trinajstić information content (AvgIpc) is 2.46. The lowest BCUT2D eigenvalue weighted by atomic mass is 9.94. The molecule has 0 amide bonds. The number of nitrogens with two attached hydrogens (primary N) is 1.